The summed E-state index contributed by atoms with van der Waals surface area (Å²) in [4.78, 5) is 0. The highest BCUT2D eigenvalue weighted by Gasteiger charge is 2.28. The molecule has 2 rings (SSSR count). The van der Waals surface area contributed by atoms with E-state index in [1.165, 1.54) is 5.56 Å². The minimum Gasteiger partial charge on any atom is -0.388 e. The monoisotopic (exact) mass is 187 g/mol. The van der Waals surface area contributed by atoms with Gasteiger partial charge in [-0.2, -0.15) is 0 Å². The third-order valence-corrected chi connectivity index (χ3v) is 2.64. The molecule has 2 nitrogen and oxygen atoms in total. The molecule has 0 fully saturated rings. The van der Waals surface area contributed by atoms with Gasteiger partial charge in [0.15, 0.2) is 0 Å². The Hall–Kier alpha value is -1.30. The van der Waals surface area contributed by atoms with Gasteiger partial charge in [-0.15, -0.1) is 6.42 Å². The third kappa shape index (κ3) is 1.52. The van der Waals surface area contributed by atoms with E-state index in [0.717, 1.165) is 12.0 Å². The van der Waals surface area contributed by atoms with Crippen molar-refractivity contribution in [2.24, 2.45) is 0 Å². The fourth-order valence-corrected chi connectivity index (χ4v) is 1.98. The molecular weight excluding hydrogens is 174 g/mol. The Bertz CT molecular complexity index is 367. The van der Waals surface area contributed by atoms with Gasteiger partial charge in [-0.25, -0.2) is 0 Å². The van der Waals surface area contributed by atoms with Crippen LogP contribution in [0.4, 0.5) is 0 Å². The van der Waals surface area contributed by atoms with Gasteiger partial charge in [-0.3, -0.25) is 5.32 Å². The van der Waals surface area contributed by atoms with Crippen LogP contribution >= 0.6 is 0 Å². The van der Waals surface area contributed by atoms with Crippen molar-refractivity contribution in [3.8, 4) is 12.3 Å². The second-order valence-corrected chi connectivity index (χ2v) is 3.52. The average molecular weight is 187 g/mol. The highest BCUT2D eigenvalue weighted by molar-refractivity contribution is 5.36. The van der Waals surface area contributed by atoms with Crippen molar-refractivity contribution in [3.63, 3.8) is 0 Å². The van der Waals surface area contributed by atoms with Crippen LogP contribution in [0.5, 0.6) is 0 Å². The second kappa shape index (κ2) is 3.83. The molecule has 0 radical (unpaired) electrons. The molecule has 1 aromatic rings. The lowest BCUT2D eigenvalue weighted by Gasteiger charge is -2.10. The number of rotatable bonds is 2. The third-order valence-electron chi connectivity index (χ3n) is 2.64. The molecule has 72 valence electrons. The van der Waals surface area contributed by atoms with Crippen molar-refractivity contribution in [1.29, 1.82) is 0 Å². The molecule has 0 aliphatic heterocycles. The molecule has 2 atom stereocenters. The van der Waals surface area contributed by atoms with Gasteiger partial charge in [-0.05, 0) is 17.5 Å². The van der Waals surface area contributed by atoms with Crippen LogP contribution in [0.3, 0.4) is 0 Å². The maximum absolute atomic E-state index is 9.76. The van der Waals surface area contributed by atoms with Crippen molar-refractivity contribution in [3.05, 3.63) is 35.4 Å². The molecule has 0 bridgehead atoms. The highest BCUT2D eigenvalue weighted by atomic mass is 16.3. The lowest BCUT2D eigenvalue weighted by molar-refractivity contribution is 0.169. The van der Waals surface area contributed by atoms with Gasteiger partial charge in [0, 0.05) is 6.04 Å². The molecule has 2 N–H and O–H groups in total. The van der Waals surface area contributed by atoms with Crippen molar-refractivity contribution in [1.82, 2.24) is 5.32 Å². The number of benzene rings is 1. The lowest BCUT2D eigenvalue weighted by Crippen LogP contribution is -2.19. The minimum atomic E-state index is -0.346. The normalized spacial score (nSPS) is 24.3. The lowest BCUT2D eigenvalue weighted by atomic mass is 10.1. The van der Waals surface area contributed by atoms with Crippen LogP contribution in [0.1, 0.15) is 29.7 Å². The maximum atomic E-state index is 9.76. The largest absolute Gasteiger partial charge is 0.388 e. The zero-order chi connectivity index (χ0) is 9.97. The Kier molecular flexibility index (Phi) is 2.53. The summed E-state index contributed by atoms with van der Waals surface area (Å²) in [6, 6.07) is 8.15. The summed E-state index contributed by atoms with van der Waals surface area (Å²) in [6.45, 7) is 0.547. The fraction of sp³-hybridized carbons (Fsp3) is 0.333. The smallest absolute Gasteiger partial charge is 0.0811 e. The van der Waals surface area contributed by atoms with Gasteiger partial charge in [0.25, 0.3) is 0 Å². The van der Waals surface area contributed by atoms with E-state index in [0.29, 0.717) is 6.54 Å². The quantitative estimate of drug-likeness (QED) is 0.686. The van der Waals surface area contributed by atoms with E-state index in [4.69, 9.17) is 6.42 Å². The van der Waals surface area contributed by atoms with Gasteiger partial charge in [0.05, 0.1) is 12.6 Å². The molecule has 14 heavy (non-hydrogen) atoms. The topological polar surface area (TPSA) is 32.3 Å². The SMILES string of the molecule is C#CCNC1CC(O)c2ccccc21. The second-order valence-electron chi connectivity index (χ2n) is 3.52. The molecule has 2 heteroatoms. The molecule has 0 aromatic heterocycles. The highest BCUT2D eigenvalue weighted by Crippen LogP contribution is 2.37. The first-order chi connectivity index (χ1) is 6.83. The number of hydrogen-bond acceptors (Lipinski definition) is 2. The fourth-order valence-electron chi connectivity index (χ4n) is 1.98. The van der Waals surface area contributed by atoms with Gasteiger partial charge < -0.3 is 5.11 Å². The number of terminal acetylenes is 1. The summed E-state index contributed by atoms with van der Waals surface area (Å²) in [5.74, 6) is 2.55. The number of fused-ring (bicyclic) bond motifs is 1. The number of hydrogen-bond donors (Lipinski definition) is 2. The summed E-state index contributed by atoms with van der Waals surface area (Å²) in [5, 5.41) is 13.0. The van der Waals surface area contributed by atoms with E-state index in [1.807, 2.05) is 24.3 Å². The molecule has 1 aromatic carbocycles. The predicted octanol–water partition coefficient (Wildman–Crippen LogP) is 1.39. The first kappa shape index (κ1) is 9.26. The summed E-state index contributed by atoms with van der Waals surface area (Å²) in [6.07, 6.45) is 5.56. The summed E-state index contributed by atoms with van der Waals surface area (Å²) < 4.78 is 0. The maximum Gasteiger partial charge on any atom is 0.0811 e. The zero-order valence-electron chi connectivity index (χ0n) is 7.90. The van der Waals surface area contributed by atoms with Crippen LogP contribution in [0.25, 0.3) is 0 Å². The van der Waals surface area contributed by atoms with Gasteiger partial charge in [0.2, 0.25) is 0 Å². The van der Waals surface area contributed by atoms with Gasteiger partial charge in [0.1, 0.15) is 0 Å². The van der Waals surface area contributed by atoms with E-state index in [2.05, 4.69) is 11.2 Å². The van der Waals surface area contributed by atoms with Crippen LogP contribution in [-0.2, 0) is 0 Å². The number of nitrogens with one attached hydrogen (secondary N) is 1. The molecule has 0 spiro atoms. The number of aliphatic hydroxyl groups excluding tert-OH is 1. The molecule has 1 aliphatic carbocycles. The standard InChI is InChI=1S/C12H13NO/c1-2-7-13-11-8-12(14)10-6-4-3-5-9(10)11/h1,3-6,11-14H,7-8H2. The Morgan fingerprint density at radius 3 is 2.86 bits per heavy atom. The van der Waals surface area contributed by atoms with Crippen molar-refractivity contribution >= 4 is 0 Å². The van der Waals surface area contributed by atoms with E-state index < -0.39 is 0 Å². The molecular formula is C12H13NO. The van der Waals surface area contributed by atoms with E-state index >= 15 is 0 Å². The summed E-state index contributed by atoms with van der Waals surface area (Å²) >= 11 is 0. The Labute approximate surface area is 84.0 Å². The first-order valence-corrected chi connectivity index (χ1v) is 4.76. The van der Waals surface area contributed by atoms with Crippen molar-refractivity contribution < 1.29 is 5.11 Å². The predicted molar refractivity (Wildman–Crippen MR) is 55.6 cm³/mol. The van der Waals surface area contributed by atoms with Crippen LogP contribution < -0.4 is 5.32 Å². The summed E-state index contributed by atoms with van der Waals surface area (Å²) in [7, 11) is 0. The van der Waals surface area contributed by atoms with Crippen molar-refractivity contribution in [2.45, 2.75) is 18.6 Å². The van der Waals surface area contributed by atoms with Crippen LogP contribution in [0.2, 0.25) is 0 Å². The molecule has 0 saturated carbocycles. The number of aliphatic hydroxyl groups is 1. The Morgan fingerprint density at radius 1 is 1.43 bits per heavy atom. The zero-order valence-corrected chi connectivity index (χ0v) is 7.90. The van der Waals surface area contributed by atoms with E-state index in [-0.39, 0.29) is 12.1 Å². The van der Waals surface area contributed by atoms with Crippen LogP contribution in [0, 0.1) is 12.3 Å². The van der Waals surface area contributed by atoms with Crippen LogP contribution in [0.15, 0.2) is 24.3 Å². The molecule has 2 unspecified atom stereocenters. The van der Waals surface area contributed by atoms with Gasteiger partial charge in [-0.1, -0.05) is 30.2 Å². The van der Waals surface area contributed by atoms with Crippen molar-refractivity contribution in [2.75, 3.05) is 6.54 Å². The average Bonchev–Trinajstić information content (AvgIpc) is 2.54. The van der Waals surface area contributed by atoms with Crippen LogP contribution in [-0.4, -0.2) is 11.7 Å². The summed E-state index contributed by atoms with van der Waals surface area (Å²) in [5.41, 5.74) is 2.21. The van der Waals surface area contributed by atoms with E-state index in [1.54, 1.807) is 0 Å². The van der Waals surface area contributed by atoms with E-state index in [9.17, 15) is 5.11 Å². The molecule has 1 aliphatic rings. The first-order valence-electron chi connectivity index (χ1n) is 4.76. The minimum absolute atomic E-state index is 0.206. The Balaban J connectivity index is 2.22. The molecule has 0 saturated heterocycles. The Morgan fingerprint density at radius 2 is 2.14 bits per heavy atom. The van der Waals surface area contributed by atoms with Gasteiger partial charge >= 0.3 is 0 Å². The molecule has 0 heterocycles. The molecule has 0 amide bonds.